The van der Waals surface area contributed by atoms with Crippen LogP contribution in [-0.2, 0) is 13.0 Å². The van der Waals surface area contributed by atoms with Gasteiger partial charge < -0.3 is 4.57 Å². The van der Waals surface area contributed by atoms with E-state index in [1.807, 2.05) is 0 Å². The molecule has 0 radical (unpaired) electrons. The van der Waals surface area contributed by atoms with E-state index in [1.165, 1.54) is 22.2 Å². The Morgan fingerprint density at radius 2 is 2.10 bits per heavy atom. The molecule has 3 rings (SSSR count). The van der Waals surface area contributed by atoms with Crippen LogP contribution >= 0.6 is 22.9 Å². The first-order chi connectivity index (χ1) is 9.69. The van der Waals surface area contributed by atoms with Crippen LogP contribution in [0.2, 0.25) is 0 Å². The maximum Gasteiger partial charge on any atom is 0.111 e. The van der Waals surface area contributed by atoms with Crippen molar-refractivity contribution in [2.24, 2.45) is 0 Å². The summed E-state index contributed by atoms with van der Waals surface area (Å²) in [6.07, 6.45) is 0.804. The molecule has 0 atom stereocenters. The van der Waals surface area contributed by atoms with Gasteiger partial charge in [-0.25, -0.2) is 4.98 Å². The van der Waals surface area contributed by atoms with Gasteiger partial charge in [0, 0.05) is 12.3 Å². The molecule has 20 heavy (non-hydrogen) atoms. The van der Waals surface area contributed by atoms with Gasteiger partial charge in [-0.15, -0.1) is 11.6 Å². The molecule has 4 heteroatoms. The minimum Gasteiger partial charge on any atom is -0.323 e. The number of hydrogen-bond acceptors (Lipinski definition) is 2. The SMILES string of the molecule is Cc1ccc2nc(CCCl)n(Cc3cscc3C)c2c1. The smallest absolute Gasteiger partial charge is 0.111 e. The number of rotatable bonds is 4. The fourth-order valence-electron chi connectivity index (χ4n) is 2.45. The van der Waals surface area contributed by atoms with Crippen molar-refractivity contribution in [1.82, 2.24) is 9.55 Å². The number of aryl methyl sites for hydroxylation is 3. The van der Waals surface area contributed by atoms with E-state index in [-0.39, 0.29) is 0 Å². The summed E-state index contributed by atoms with van der Waals surface area (Å²) in [7, 11) is 0. The van der Waals surface area contributed by atoms with Crippen LogP contribution in [0, 0.1) is 13.8 Å². The molecule has 0 bridgehead atoms. The first-order valence-corrected chi connectivity index (χ1v) is 8.20. The lowest BCUT2D eigenvalue weighted by Gasteiger charge is -2.09. The number of halogens is 1. The van der Waals surface area contributed by atoms with Crippen LogP contribution in [0.4, 0.5) is 0 Å². The van der Waals surface area contributed by atoms with Crippen molar-refractivity contribution in [2.45, 2.75) is 26.8 Å². The van der Waals surface area contributed by atoms with Crippen LogP contribution in [-0.4, -0.2) is 15.4 Å². The molecule has 0 saturated heterocycles. The first kappa shape index (κ1) is 13.7. The zero-order valence-corrected chi connectivity index (χ0v) is 13.3. The highest BCUT2D eigenvalue weighted by Gasteiger charge is 2.12. The van der Waals surface area contributed by atoms with E-state index in [9.17, 15) is 0 Å². The molecule has 0 aliphatic heterocycles. The van der Waals surface area contributed by atoms with Gasteiger partial charge in [0.2, 0.25) is 0 Å². The highest BCUT2D eigenvalue weighted by molar-refractivity contribution is 7.08. The minimum absolute atomic E-state index is 0.602. The number of thiophene rings is 1. The second-order valence-electron chi connectivity index (χ2n) is 5.13. The Balaban J connectivity index is 2.12. The van der Waals surface area contributed by atoms with E-state index < -0.39 is 0 Å². The van der Waals surface area contributed by atoms with Gasteiger partial charge in [0.15, 0.2) is 0 Å². The van der Waals surface area contributed by atoms with Crippen LogP contribution in [0.5, 0.6) is 0 Å². The Morgan fingerprint density at radius 3 is 2.80 bits per heavy atom. The van der Waals surface area contributed by atoms with Gasteiger partial charge in [-0.2, -0.15) is 11.3 Å². The molecule has 0 fully saturated rings. The van der Waals surface area contributed by atoms with E-state index in [0.29, 0.717) is 5.88 Å². The molecule has 0 aliphatic rings. The van der Waals surface area contributed by atoms with Gasteiger partial charge in [-0.05, 0) is 53.4 Å². The molecule has 104 valence electrons. The van der Waals surface area contributed by atoms with Crippen molar-refractivity contribution < 1.29 is 0 Å². The Hall–Kier alpha value is -1.32. The summed E-state index contributed by atoms with van der Waals surface area (Å²) in [6, 6.07) is 6.42. The molecule has 0 unspecified atom stereocenters. The van der Waals surface area contributed by atoms with E-state index in [0.717, 1.165) is 24.3 Å². The van der Waals surface area contributed by atoms with E-state index in [2.05, 4.69) is 47.4 Å². The number of nitrogens with zero attached hydrogens (tertiary/aromatic N) is 2. The highest BCUT2D eigenvalue weighted by Crippen LogP contribution is 2.22. The Morgan fingerprint density at radius 1 is 1.25 bits per heavy atom. The quantitative estimate of drug-likeness (QED) is 0.647. The number of alkyl halides is 1. The summed E-state index contributed by atoms with van der Waals surface area (Å²) < 4.78 is 2.31. The van der Waals surface area contributed by atoms with Crippen molar-refractivity contribution in [3.8, 4) is 0 Å². The molecule has 1 aromatic carbocycles. The molecule has 0 saturated carbocycles. The summed E-state index contributed by atoms with van der Waals surface area (Å²) in [5, 5.41) is 4.42. The zero-order valence-electron chi connectivity index (χ0n) is 11.7. The van der Waals surface area contributed by atoms with Crippen LogP contribution in [0.15, 0.2) is 29.0 Å². The third-order valence-electron chi connectivity index (χ3n) is 3.59. The van der Waals surface area contributed by atoms with E-state index in [4.69, 9.17) is 16.6 Å². The van der Waals surface area contributed by atoms with Crippen molar-refractivity contribution >= 4 is 34.0 Å². The van der Waals surface area contributed by atoms with Crippen molar-refractivity contribution in [1.29, 1.82) is 0 Å². The van der Waals surface area contributed by atoms with E-state index in [1.54, 1.807) is 11.3 Å². The van der Waals surface area contributed by atoms with Gasteiger partial charge in [0.05, 0.1) is 17.6 Å². The molecule has 2 heterocycles. The maximum atomic E-state index is 5.93. The fourth-order valence-corrected chi connectivity index (χ4v) is 3.47. The lowest BCUT2D eigenvalue weighted by Crippen LogP contribution is -2.06. The van der Waals surface area contributed by atoms with Crippen LogP contribution in [0.1, 0.15) is 22.5 Å². The largest absolute Gasteiger partial charge is 0.323 e. The van der Waals surface area contributed by atoms with Crippen molar-refractivity contribution in [2.75, 3.05) is 5.88 Å². The van der Waals surface area contributed by atoms with Gasteiger partial charge in [0.25, 0.3) is 0 Å². The number of fused-ring (bicyclic) bond motifs is 1. The molecule has 2 nitrogen and oxygen atoms in total. The van der Waals surface area contributed by atoms with Crippen LogP contribution < -0.4 is 0 Å². The normalized spacial score (nSPS) is 11.3. The average Bonchev–Trinajstić information content (AvgIpc) is 2.96. The Bertz CT molecular complexity index is 742. The van der Waals surface area contributed by atoms with Crippen molar-refractivity contribution in [3.05, 3.63) is 51.5 Å². The predicted molar refractivity (Wildman–Crippen MR) is 87.1 cm³/mol. The van der Waals surface area contributed by atoms with Gasteiger partial charge in [0.1, 0.15) is 5.82 Å². The molecule has 0 spiro atoms. The second-order valence-corrected chi connectivity index (χ2v) is 6.25. The van der Waals surface area contributed by atoms with Crippen LogP contribution in [0.25, 0.3) is 11.0 Å². The maximum absolute atomic E-state index is 5.93. The van der Waals surface area contributed by atoms with Crippen LogP contribution in [0.3, 0.4) is 0 Å². The molecule has 2 aromatic heterocycles. The first-order valence-electron chi connectivity index (χ1n) is 6.72. The third-order valence-corrected chi connectivity index (χ3v) is 4.69. The summed E-state index contributed by atoms with van der Waals surface area (Å²) in [5.41, 5.74) is 6.24. The number of benzene rings is 1. The Labute approximate surface area is 128 Å². The topological polar surface area (TPSA) is 17.8 Å². The third kappa shape index (κ3) is 2.48. The number of hydrogen-bond donors (Lipinski definition) is 0. The Kier molecular flexibility index (Phi) is 3.81. The second kappa shape index (κ2) is 5.58. The van der Waals surface area contributed by atoms with E-state index >= 15 is 0 Å². The number of imidazole rings is 1. The summed E-state index contributed by atoms with van der Waals surface area (Å²) >= 11 is 7.68. The lowest BCUT2D eigenvalue weighted by molar-refractivity contribution is 0.753. The predicted octanol–water partition coefficient (Wildman–Crippen LogP) is 4.54. The minimum atomic E-state index is 0.602. The number of aromatic nitrogens is 2. The molecular weight excluding hydrogens is 288 g/mol. The van der Waals surface area contributed by atoms with Gasteiger partial charge in [-0.1, -0.05) is 6.07 Å². The molecule has 0 amide bonds. The zero-order chi connectivity index (χ0) is 14.1. The average molecular weight is 305 g/mol. The molecule has 0 aliphatic carbocycles. The summed E-state index contributed by atoms with van der Waals surface area (Å²) in [5.74, 6) is 1.68. The lowest BCUT2D eigenvalue weighted by atomic mass is 10.2. The highest BCUT2D eigenvalue weighted by atomic mass is 35.5. The monoisotopic (exact) mass is 304 g/mol. The van der Waals surface area contributed by atoms with Gasteiger partial charge >= 0.3 is 0 Å². The molecule has 3 aromatic rings. The summed E-state index contributed by atoms with van der Waals surface area (Å²) in [4.78, 5) is 4.74. The van der Waals surface area contributed by atoms with Crippen molar-refractivity contribution in [3.63, 3.8) is 0 Å². The molecule has 0 N–H and O–H groups in total. The fraction of sp³-hybridized carbons (Fsp3) is 0.312. The standard InChI is InChI=1S/C16H17ClN2S/c1-11-3-4-14-15(7-11)19(16(18-14)5-6-17)8-13-10-20-9-12(13)2/h3-4,7,9-10H,5-6,8H2,1-2H3. The summed E-state index contributed by atoms with van der Waals surface area (Å²) in [6.45, 7) is 5.16. The van der Waals surface area contributed by atoms with Gasteiger partial charge in [-0.3, -0.25) is 0 Å². The molecular formula is C16H17ClN2S.